The van der Waals surface area contributed by atoms with E-state index in [0.717, 1.165) is 5.56 Å². The third-order valence-corrected chi connectivity index (χ3v) is 2.94. The number of hydrogen-bond donors (Lipinski definition) is 0. The third-order valence-electron chi connectivity index (χ3n) is 2.94. The summed E-state index contributed by atoms with van der Waals surface area (Å²) >= 11 is 0. The van der Waals surface area contributed by atoms with E-state index in [0.29, 0.717) is 12.8 Å². The second-order valence-electron chi connectivity index (χ2n) is 3.92. The van der Waals surface area contributed by atoms with Crippen LogP contribution in [0.1, 0.15) is 24.8 Å². The molecule has 1 saturated carbocycles. The largest absolute Gasteiger partial charge is 0.300 e. The Bertz CT molecular complexity index is 432. The number of nitriles is 1. The fourth-order valence-corrected chi connectivity index (χ4v) is 2.04. The second kappa shape index (κ2) is 3.47. The van der Waals surface area contributed by atoms with Crippen molar-refractivity contribution < 1.29 is 9.18 Å². The van der Waals surface area contributed by atoms with Gasteiger partial charge in [0.1, 0.15) is 11.6 Å². The second-order valence-corrected chi connectivity index (χ2v) is 3.92. The molecule has 3 heteroatoms. The van der Waals surface area contributed by atoms with Crippen LogP contribution in [0.2, 0.25) is 0 Å². The fourth-order valence-electron chi connectivity index (χ4n) is 2.04. The van der Waals surface area contributed by atoms with Crippen molar-refractivity contribution in [2.24, 2.45) is 0 Å². The van der Waals surface area contributed by atoms with Crippen LogP contribution < -0.4 is 0 Å². The average Bonchev–Trinajstić information content (AvgIpc) is 2.62. The molecule has 1 aliphatic rings. The Morgan fingerprint density at radius 1 is 1.33 bits per heavy atom. The summed E-state index contributed by atoms with van der Waals surface area (Å²) in [4.78, 5) is 11.2. The van der Waals surface area contributed by atoms with Gasteiger partial charge in [-0.05, 0) is 24.1 Å². The molecular formula is C12H10FNO. The summed E-state index contributed by atoms with van der Waals surface area (Å²) < 4.78 is 12.7. The van der Waals surface area contributed by atoms with E-state index in [1.165, 1.54) is 12.1 Å². The summed E-state index contributed by atoms with van der Waals surface area (Å²) in [5.74, 6) is -0.211. The van der Waals surface area contributed by atoms with Gasteiger partial charge in [-0.15, -0.1) is 0 Å². The third kappa shape index (κ3) is 1.63. The maximum Gasteiger partial charge on any atom is 0.134 e. The molecule has 2 rings (SSSR count). The van der Waals surface area contributed by atoms with E-state index in [1.807, 2.05) is 0 Å². The molecule has 2 nitrogen and oxygen atoms in total. The molecule has 0 spiro atoms. The van der Waals surface area contributed by atoms with Crippen LogP contribution in [0.5, 0.6) is 0 Å². The minimum absolute atomic E-state index is 0.112. The van der Waals surface area contributed by atoms with Crippen LogP contribution >= 0.6 is 0 Å². The highest BCUT2D eigenvalue weighted by molar-refractivity contribution is 5.83. The van der Waals surface area contributed by atoms with Crippen LogP contribution in [0.4, 0.5) is 4.39 Å². The first-order chi connectivity index (χ1) is 7.16. The van der Waals surface area contributed by atoms with Crippen LogP contribution in [0.25, 0.3) is 0 Å². The molecule has 0 aromatic heterocycles. The highest BCUT2D eigenvalue weighted by Gasteiger charge is 2.40. The van der Waals surface area contributed by atoms with Gasteiger partial charge < -0.3 is 0 Å². The molecule has 0 heterocycles. The molecule has 1 aliphatic carbocycles. The molecule has 0 bridgehead atoms. The van der Waals surface area contributed by atoms with Gasteiger partial charge in [-0.2, -0.15) is 5.26 Å². The van der Waals surface area contributed by atoms with Crippen LogP contribution in [-0.2, 0) is 10.2 Å². The number of nitrogens with zero attached hydrogens (tertiary/aromatic N) is 1. The van der Waals surface area contributed by atoms with E-state index in [1.54, 1.807) is 12.1 Å². The number of hydrogen-bond acceptors (Lipinski definition) is 2. The van der Waals surface area contributed by atoms with Gasteiger partial charge >= 0.3 is 0 Å². The topological polar surface area (TPSA) is 40.9 Å². The van der Waals surface area contributed by atoms with Crippen LogP contribution in [0.3, 0.4) is 0 Å². The van der Waals surface area contributed by atoms with Crippen molar-refractivity contribution >= 4 is 5.78 Å². The van der Waals surface area contributed by atoms with Crippen molar-refractivity contribution in [3.05, 3.63) is 35.6 Å². The Hall–Kier alpha value is -1.69. The number of benzene rings is 1. The fraction of sp³-hybridized carbons (Fsp3) is 0.333. The molecule has 0 amide bonds. The lowest BCUT2D eigenvalue weighted by atomic mass is 9.80. The van der Waals surface area contributed by atoms with Crippen molar-refractivity contribution in [3.63, 3.8) is 0 Å². The summed E-state index contributed by atoms with van der Waals surface area (Å²) in [5.41, 5.74) is 0.0300. The number of carbonyl (C=O) groups excluding carboxylic acids is 1. The van der Waals surface area contributed by atoms with Gasteiger partial charge in [0.2, 0.25) is 0 Å². The molecule has 0 aliphatic heterocycles. The smallest absolute Gasteiger partial charge is 0.134 e. The SMILES string of the molecule is N#CC1(c2ccc(F)cc2)CCC(=O)C1. The summed E-state index contributed by atoms with van der Waals surface area (Å²) in [6, 6.07) is 8.05. The molecule has 1 aromatic rings. The van der Waals surface area contributed by atoms with Crippen molar-refractivity contribution in [1.82, 2.24) is 0 Å². The molecule has 1 unspecified atom stereocenters. The lowest BCUT2D eigenvalue weighted by molar-refractivity contribution is -0.117. The van der Waals surface area contributed by atoms with E-state index in [4.69, 9.17) is 5.26 Å². The maximum absolute atomic E-state index is 12.7. The van der Waals surface area contributed by atoms with Gasteiger partial charge in [-0.1, -0.05) is 12.1 Å². The van der Waals surface area contributed by atoms with Gasteiger partial charge in [-0.3, -0.25) is 4.79 Å². The molecule has 1 atom stereocenters. The lowest BCUT2D eigenvalue weighted by Gasteiger charge is -2.19. The number of carbonyl (C=O) groups is 1. The monoisotopic (exact) mass is 203 g/mol. The van der Waals surface area contributed by atoms with Gasteiger partial charge in [0, 0.05) is 12.8 Å². The standard InChI is InChI=1S/C12H10FNO/c13-10-3-1-9(2-4-10)12(8-14)6-5-11(15)7-12/h1-4H,5-7H2. The number of ketones is 1. The quantitative estimate of drug-likeness (QED) is 0.702. The zero-order chi connectivity index (χ0) is 10.9. The highest BCUT2D eigenvalue weighted by Crippen LogP contribution is 2.38. The van der Waals surface area contributed by atoms with Crippen molar-refractivity contribution in [2.75, 3.05) is 0 Å². The van der Waals surface area contributed by atoms with E-state index >= 15 is 0 Å². The number of halogens is 1. The Morgan fingerprint density at radius 2 is 2.00 bits per heavy atom. The summed E-state index contributed by atoms with van der Waals surface area (Å²) in [7, 11) is 0. The first-order valence-corrected chi connectivity index (χ1v) is 4.85. The first-order valence-electron chi connectivity index (χ1n) is 4.85. The molecule has 76 valence electrons. The van der Waals surface area contributed by atoms with Gasteiger partial charge in [0.05, 0.1) is 11.5 Å². The molecule has 1 aromatic carbocycles. The Morgan fingerprint density at radius 3 is 2.47 bits per heavy atom. The average molecular weight is 203 g/mol. The summed E-state index contributed by atoms with van der Waals surface area (Å²) in [6.45, 7) is 0. The normalized spacial score (nSPS) is 25.2. The zero-order valence-electron chi connectivity index (χ0n) is 8.16. The van der Waals surface area contributed by atoms with E-state index < -0.39 is 5.41 Å². The lowest BCUT2D eigenvalue weighted by Crippen LogP contribution is -2.20. The van der Waals surface area contributed by atoms with Gasteiger partial charge in [-0.25, -0.2) is 4.39 Å². The minimum Gasteiger partial charge on any atom is -0.300 e. The molecular weight excluding hydrogens is 193 g/mol. The first kappa shape index (κ1) is 9.85. The number of Topliss-reactive ketones (excluding diaryl/α,β-unsaturated/α-hetero) is 1. The highest BCUT2D eigenvalue weighted by atomic mass is 19.1. The van der Waals surface area contributed by atoms with Crippen molar-refractivity contribution in [3.8, 4) is 6.07 Å². The van der Waals surface area contributed by atoms with Crippen LogP contribution in [0, 0.1) is 17.1 Å². The molecule has 0 saturated heterocycles. The Balaban J connectivity index is 2.40. The van der Waals surface area contributed by atoms with Crippen LogP contribution in [0.15, 0.2) is 24.3 Å². The predicted octanol–water partition coefficient (Wildman–Crippen LogP) is 2.34. The molecule has 0 N–H and O–H groups in total. The molecule has 1 fully saturated rings. The van der Waals surface area contributed by atoms with E-state index in [2.05, 4.69) is 6.07 Å². The minimum atomic E-state index is -0.717. The Kier molecular flexibility index (Phi) is 2.28. The number of rotatable bonds is 1. The van der Waals surface area contributed by atoms with Crippen molar-refractivity contribution in [1.29, 1.82) is 5.26 Å². The van der Waals surface area contributed by atoms with Crippen LogP contribution in [-0.4, -0.2) is 5.78 Å². The predicted molar refractivity (Wildman–Crippen MR) is 52.5 cm³/mol. The summed E-state index contributed by atoms with van der Waals surface area (Å²) in [6.07, 6.45) is 1.26. The molecule has 15 heavy (non-hydrogen) atoms. The van der Waals surface area contributed by atoms with E-state index in [-0.39, 0.29) is 18.0 Å². The van der Waals surface area contributed by atoms with Gasteiger partial charge in [0.15, 0.2) is 0 Å². The van der Waals surface area contributed by atoms with E-state index in [9.17, 15) is 9.18 Å². The zero-order valence-corrected chi connectivity index (χ0v) is 8.16. The van der Waals surface area contributed by atoms with Crippen molar-refractivity contribution in [2.45, 2.75) is 24.7 Å². The van der Waals surface area contributed by atoms with Gasteiger partial charge in [0.25, 0.3) is 0 Å². The molecule has 0 radical (unpaired) electrons. The summed E-state index contributed by atoms with van der Waals surface area (Å²) in [5, 5.41) is 9.16. The maximum atomic E-state index is 12.7. The Labute approximate surface area is 87.3 Å².